The van der Waals surface area contributed by atoms with Crippen molar-refractivity contribution in [3.63, 3.8) is 0 Å². The summed E-state index contributed by atoms with van der Waals surface area (Å²) in [6.07, 6.45) is 2.45. The molecule has 5 rings (SSSR count). The van der Waals surface area contributed by atoms with Crippen molar-refractivity contribution < 1.29 is 23.9 Å². The van der Waals surface area contributed by atoms with E-state index in [0.717, 1.165) is 12.8 Å². The number of hydrogen-bond acceptors (Lipinski definition) is 5. The summed E-state index contributed by atoms with van der Waals surface area (Å²) >= 11 is 0. The molecule has 1 aromatic carbocycles. The highest BCUT2D eigenvalue weighted by Gasteiger charge is 2.43. The molecule has 0 bridgehead atoms. The van der Waals surface area contributed by atoms with Gasteiger partial charge in [-0.15, -0.1) is 0 Å². The van der Waals surface area contributed by atoms with Gasteiger partial charge < -0.3 is 24.2 Å². The molecule has 0 aromatic heterocycles. The van der Waals surface area contributed by atoms with Crippen LogP contribution < -0.4 is 9.47 Å². The number of carbonyl (C=O) groups excluding carboxylic acids is 3. The van der Waals surface area contributed by atoms with Crippen molar-refractivity contribution in [2.24, 2.45) is 5.92 Å². The van der Waals surface area contributed by atoms with Crippen molar-refractivity contribution in [2.45, 2.75) is 25.3 Å². The first-order chi connectivity index (χ1) is 13.6. The monoisotopic (exact) mass is 385 g/mol. The molecule has 2 saturated heterocycles. The van der Waals surface area contributed by atoms with E-state index < -0.39 is 0 Å². The quantitative estimate of drug-likeness (QED) is 0.766. The number of nitrogens with zero attached hydrogens (tertiary/aromatic N) is 3. The lowest BCUT2D eigenvalue weighted by molar-refractivity contribution is -0.137. The van der Waals surface area contributed by atoms with Crippen molar-refractivity contribution >= 4 is 17.7 Å². The normalized spacial score (nSPS) is 24.1. The second-order valence-corrected chi connectivity index (χ2v) is 7.86. The van der Waals surface area contributed by atoms with Crippen LogP contribution in [-0.4, -0.2) is 78.0 Å². The van der Waals surface area contributed by atoms with Crippen molar-refractivity contribution in [2.75, 3.05) is 39.5 Å². The van der Waals surface area contributed by atoms with Gasteiger partial charge in [0.25, 0.3) is 5.91 Å². The number of fused-ring (bicyclic) bond motifs is 1. The minimum atomic E-state index is -0.232. The first kappa shape index (κ1) is 17.3. The van der Waals surface area contributed by atoms with Crippen LogP contribution >= 0.6 is 0 Å². The number of hydrogen-bond donors (Lipinski definition) is 0. The third-order valence-corrected chi connectivity index (χ3v) is 5.99. The summed E-state index contributed by atoms with van der Waals surface area (Å²) in [4.78, 5) is 43.2. The minimum Gasteiger partial charge on any atom is -0.454 e. The highest BCUT2D eigenvalue weighted by Crippen LogP contribution is 2.34. The molecule has 0 radical (unpaired) electrons. The molecule has 148 valence electrons. The van der Waals surface area contributed by atoms with Gasteiger partial charge in [0.05, 0.1) is 5.92 Å². The zero-order valence-corrected chi connectivity index (χ0v) is 15.6. The third-order valence-electron chi connectivity index (χ3n) is 5.99. The summed E-state index contributed by atoms with van der Waals surface area (Å²) < 4.78 is 10.6. The van der Waals surface area contributed by atoms with Gasteiger partial charge in [-0.25, -0.2) is 0 Å². The molecule has 3 fully saturated rings. The van der Waals surface area contributed by atoms with Crippen molar-refractivity contribution in [1.82, 2.24) is 14.7 Å². The van der Waals surface area contributed by atoms with E-state index in [1.807, 2.05) is 4.90 Å². The maximum absolute atomic E-state index is 12.8. The zero-order chi connectivity index (χ0) is 19.3. The van der Waals surface area contributed by atoms with Crippen LogP contribution in [0.15, 0.2) is 18.2 Å². The Morgan fingerprint density at radius 3 is 2.43 bits per heavy atom. The number of piperazine rings is 1. The maximum atomic E-state index is 12.8. The third kappa shape index (κ3) is 3.06. The van der Waals surface area contributed by atoms with Gasteiger partial charge in [-0.3, -0.25) is 14.4 Å². The second-order valence-electron chi connectivity index (χ2n) is 7.86. The number of ether oxygens (including phenoxy) is 2. The first-order valence-electron chi connectivity index (χ1n) is 9.87. The molecule has 8 nitrogen and oxygen atoms in total. The average molecular weight is 385 g/mol. The smallest absolute Gasteiger partial charge is 0.254 e. The van der Waals surface area contributed by atoms with E-state index in [9.17, 15) is 14.4 Å². The highest BCUT2D eigenvalue weighted by atomic mass is 16.7. The average Bonchev–Trinajstić information content (AvgIpc) is 3.32. The van der Waals surface area contributed by atoms with Gasteiger partial charge in [0.15, 0.2) is 11.5 Å². The number of likely N-dealkylation sites (tertiary alicyclic amines) is 1. The molecule has 3 amide bonds. The van der Waals surface area contributed by atoms with Crippen LogP contribution in [0.3, 0.4) is 0 Å². The Bertz CT molecular complexity index is 829. The van der Waals surface area contributed by atoms with Gasteiger partial charge in [0.2, 0.25) is 18.6 Å². The van der Waals surface area contributed by atoms with Gasteiger partial charge in [0, 0.05) is 50.7 Å². The Morgan fingerprint density at radius 1 is 0.964 bits per heavy atom. The number of rotatable bonds is 3. The van der Waals surface area contributed by atoms with Crippen LogP contribution in [-0.2, 0) is 9.59 Å². The molecular weight excluding hydrogens is 362 g/mol. The Balaban J connectivity index is 1.18. The summed E-state index contributed by atoms with van der Waals surface area (Å²) in [5.74, 6) is 1.10. The van der Waals surface area contributed by atoms with Crippen LogP contribution in [0.2, 0.25) is 0 Å². The summed E-state index contributed by atoms with van der Waals surface area (Å²) in [5, 5.41) is 0. The predicted octanol–water partition coefficient (Wildman–Crippen LogP) is 0.711. The largest absolute Gasteiger partial charge is 0.454 e. The van der Waals surface area contributed by atoms with Crippen LogP contribution in [0.25, 0.3) is 0 Å². The number of amides is 3. The van der Waals surface area contributed by atoms with Gasteiger partial charge in [-0.1, -0.05) is 0 Å². The summed E-state index contributed by atoms with van der Waals surface area (Å²) in [6, 6.07) is 5.56. The Hall–Kier alpha value is -2.77. The molecule has 0 N–H and O–H groups in total. The summed E-state index contributed by atoms with van der Waals surface area (Å²) in [7, 11) is 0. The maximum Gasteiger partial charge on any atom is 0.254 e. The molecule has 1 atom stereocenters. The SMILES string of the molecule is O=C(c1ccc2c(c1)OCO2)N1CCN(C(=O)C2CC(=O)N(C3CC3)C2)CC1. The number of carbonyl (C=O) groups is 3. The number of benzene rings is 1. The molecule has 1 unspecified atom stereocenters. The Morgan fingerprint density at radius 2 is 1.68 bits per heavy atom. The van der Waals surface area contributed by atoms with E-state index in [1.54, 1.807) is 28.0 Å². The molecule has 8 heteroatoms. The molecule has 3 heterocycles. The standard InChI is InChI=1S/C20H23N3O5/c24-18-10-14(11-23(18)15-2-3-15)20(26)22-7-5-21(6-8-22)19(25)13-1-4-16-17(9-13)28-12-27-16/h1,4,9,14-15H,2-3,5-8,10-12H2. The van der Waals surface area contributed by atoms with E-state index in [1.165, 1.54) is 0 Å². The molecule has 4 aliphatic rings. The van der Waals surface area contributed by atoms with Crippen LogP contribution in [0.1, 0.15) is 29.6 Å². The lowest BCUT2D eigenvalue weighted by Gasteiger charge is -2.36. The van der Waals surface area contributed by atoms with Crippen LogP contribution in [0.4, 0.5) is 0 Å². The van der Waals surface area contributed by atoms with Crippen LogP contribution in [0.5, 0.6) is 11.5 Å². The lowest BCUT2D eigenvalue weighted by Crippen LogP contribution is -2.52. The van der Waals surface area contributed by atoms with Gasteiger partial charge in [-0.05, 0) is 31.0 Å². The summed E-state index contributed by atoms with van der Waals surface area (Å²) in [5.41, 5.74) is 0.561. The first-order valence-corrected chi connectivity index (χ1v) is 9.87. The van der Waals surface area contributed by atoms with Crippen molar-refractivity contribution in [1.29, 1.82) is 0 Å². The van der Waals surface area contributed by atoms with E-state index in [-0.39, 0.29) is 30.4 Å². The Kier molecular flexibility index (Phi) is 4.14. The van der Waals surface area contributed by atoms with Gasteiger partial charge >= 0.3 is 0 Å². The molecule has 28 heavy (non-hydrogen) atoms. The second kappa shape index (κ2) is 6.68. The fourth-order valence-corrected chi connectivity index (χ4v) is 4.24. The van der Waals surface area contributed by atoms with Crippen molar-refractivity contribution in [3.8, 4) is 11.5 Å². The summed E-state index contributed by atoms with van der Waals surface area (Å²) in [6.45, 7) is 2.72. The van der Waals surface area contributed by atoms with E-state index in [0.29, 0.717) is 62.2 Å². The molecule has 0 spiro atoms. The highest BCUT2D eigenvalue weighted by molar-refractivity contribution is 5.95. The molecule has 1 saturated carbocycles. The molecular formula is C20H23N3O5. The Labute approximate surface area is 163 Å². The predicted molar refractivity (Wildman–Crippen MR) is 97.9 cm³/mol. The fraction of sp³-hybridized carbons (Fsp3) is 0.550. The van der Waals surface area contributed by atoms with E-state index >= 15 is 0 Å². The molecule has 3 aliphatic heterocycles. The minimum absolute atomic E-state index is 0.0479. The molecule has 1 aliphatic carbocycles. The van der Waals surface area contributed by atoms with E-state index in [2.05, 4.69) is 0 Å². The van der Waals surface area contributed by atoms with Crippen LogP contribution in [0, 0.1) is 5.92 Å². The topological polar surface area (TPSA) is 79.4 Å². The fourth-order valence-electron chi connectivity index (χ4n) is 4.24. The van der Waals surface area contributed by atoms with Gasteiger partial charge in [-0.2, -0.15) is 0 Å². The molecule has 1 aromatic rings. The van der Waals surface area contributed by atoms with E-state index in [4.69, 9.17) is 9.47 Å². The van der Waals surface area contributed by atoms with Gasteiger partial charge in [0.1, 0.15) is 0 Å². The van der Waals surface area contributed by atoms with Crippen molar-refractivity contribution in [3.05, 3.63) is 23.8 Å². The zero-order valence-electron chi connectivity index (χ0n) is 15.6. The lowest BCUT2D eigenvalue weighted by atomic mass is 10.1.